The monoisotopic (exact) mass is 312 g/mol. The molecule has 0 atom stereocenters. The van der Waals surface area contributed by atoms with Gasteiger partial charge in [0.2, 0.25) is 0 Å². The van der Waals surface area contributed by atoms with Crippen LogP contribution in [0.3, 0.4) is 0 Å². The fraction of sp³-hybridized carbons (Fsp3) is 0.385. The summed E-state index contributed by atoms with van der Waals surface area (Å²) in [4.78, 5) is 11.7. The average Bonchev–Trinajstić information content (AvgIpc) is 2.18. The number of carbonyl (C=O) groups is 1. The minimum absolute atomic E-state index is 0.518. The van der Waals surface area contributed by atoms with Crippen molar-refractivity contribution in [3.8, 4) is 0 Å². The number of carbonyl (C=O) groups excluding carboxylic acids is 1. The molecule has 0 aromatic heterocycles. The molecule has 0 heterocycles. The largest absolute Gasteiger partial charge is 0.444 e. The van der Waals surface area contributed by atoms with Crippen molar-refractivity contribution < 1.29 is 9.53 Å². The number of rotatable bonds is 2. The summed E-state index contributed by atoms with van der Waals surface area (Å²) in [6, 6.07) is 3.65. The highest BCUT2D eigenvalue weighted by atomic mass is 79.9. The van der Waals surface area contributed by atoms with Gasteiger partial charge in [0, 0.05) is 16.3 Å². The first-order valence-electron chi connectivity index (χ1n) is 5.53. The molecule has 0 radical (unpaired) electrons. The Hall–Kier alpha value is -1.36. The predicted octanol–water partition coefficient (Wildman–Crippen LogP) is 4.10. The number of benzene rings is 1. The van der Waals surface area contributed by atoms with E-state index in [1.807, 2.05) is 13.0 Å². The van der Waals surface area contributed by atoms with E-state index in [9.17, 15) is 4.79 Å². The van der Waals surface area contributed by atoms with Gasteiger partial charge in [-0.25, -0.2) is 4.79 Å². The zero-order valence-corrected chi connectivity index (χ0v) is 12.5. The molecule has 0 unspecified atom stereocenters. The topological polar surface area (TPSA) is 62.2 Å². The average molecular weight is 313 g/mol. The third-order valence-corrected chi connectivity index (χ3v) is 2.57. The van der Waals surface area contributed by atoms with E-state index < -0.39 is 11.7 Å². The molecule has 18 heavy (non-hydrogen) atoms. The van der Waals surface area contributed by atoms with Crippen LogP contribution >= 0.6 is 15.9 Å². The first-order valence-corrected chi connectivity index (χ1v) is 6.33. The Morgan fingerprint density at radius 3 is 2.56 bits per heavy atom. The van der Waals surface area contributed by atoms with Crippen molar-refractivity contribution in [3.63, 3.8) is 0 Å². The Morgan fingerprint density at radius 1 is 1.44 bits per heavy atom. The Kier molecular flexibility index (Phi) is 4.51. The molecular weight excluding hydrogens is 296 g/mol. The van der Waals surface area contributed by atoms with Crippen molar-refractivity contribution in [1.29, 1.82) is 5.41 Å². The van der Waals surface area contributed by atoms with E-state index >= 15 is 0 Å². The molecule has 0 saturated heterocycles. The third kappa shape index (κ3) is 4.14. The van der Waals surface area contributed by atoms with E-state index in [0.717, 1.165) is 10.0 Å². The van der Waals surface area contributed by atoms with Crippen LogP contribution in [-0.4, -0.2) is 17.9 Å². The number of nitrogens with one attached hydrogen (secondary N) is 2. The first kappa shape index (κ1) is 14.7. The van der Waals surface area contributed by atoms with Crippen LogP contribution in [0.1, 0.15) is 31.9 Å². The lowest BCUT2D eigenvalue weighted by molar-refractivity contribution is 0.0636. The maximum atomic E-state index is 11.7. The van der Waals surface area contributed by atoms with Gasteiger partial charge < -0.3 is 10.1 Å². The molecule has 0 saturated carbocycles. The van der Waals surface area contributed by atoms with Gasteiger partial charge in [0.25, 0.3) is 0 Å². The molecule has 0 aliphatic heterocycles. The highest BCUT2D eigenvalue weighted by Crippen LogP contribution is 2.25. The van der Waals surface area contributed by atoms with Crippen LogP contribution in [0, 0.1) is 12.3 Å². The number of aryl methyl sites for hydroxylation is 1. The fourth-order valence-electron chi connectivity index (χ4n) is 1.46. The van der Waals surface area contributed by atoms with Gasteiger partial charge in [-0.1, -0.05) is 15.9 Å². The quantitative estimate of drug-likeness (QED) is 0.807. The molecule has 4 nitrogen and oxygen atoms in total. The molecular formula is C13H17BrN2O2. The van der Waals surface area contributed by atoms with E-state index in [0.29, 0.717) is 11.3 Å². The number of ether oxygens (including phenoxy) is 1. The van der Waals surface area contributed by atoms with Gasteiger partial charge in [0.15, 0.2) is 0 Å². The van der Waals surface area contributed by atoms with Crippen LogP contribution in [0.25, 0.3) is 0 Å². The summed E-state index contributed by atoms with van der Waals surface area (Å²) in [5.74, 6) is 0. The minimum Gasteiger partial charge on any atom is -0.444 e. The van der Waals surface area contributed by atoms with Crippen LogP contribution in [0.2, 0.25) is 0 Å². The van der Waals surface area contributed by atoms with Gasteiger partial charge in [0.1, 0.15) is 5.60 Å². The highest BCUT2D eigenvalue weighted by molar-refractivity contribution is 9.10. The van der Waals surface area contributed by atoms with Gasteiger partial charge >= 0.3 is 6.09 Å². The Balaban J connectivity index is 2.97. The third-order valence-electron chi connectivity index (χ3n) is 2.11. The first-order chi connectivity index (χ1) is 8.23. The highest BCUT2D eigenvalue weighted by Gasteiger charge is 2.18. The summed E-state index contributed by atoms with van der Waals surface area (Å²) < 4.78 is 6.06. The molecule has 0 bridgehead atoms. The second-order valence-electron chi connectivity index (χ2n) is 4.96. The van der Waals surface area contributed by atoms with Gasteiger partial charge in [-0.15, -0.1) is 0 Å². The standard InChI is InChI=1S/C13H17BrN2O2/c1-8-5-10(14)6-9(7-15)11(8)16-12(17)18-13(2,3)4/h5-7,15H,1-4H3,(H,16,17). The molecule has 1 rings (SSSR count). The van der Waals surface area contributed by atoms with E-state index in [2.05, 4.69) is 21.2 Å². The maximum absolute atomic E-state index is 11.7. The zero-order valence-electron chi connectivity index (χ0n) is 10.9. The van der Waals surface area contributed by atoms with Crippen molar-refractivity contribution in [2.24, 2.45) is 0 Å². The summed E-state index contributed by atoms with van der Waals surface area (Å²) in [6.07, 6.45) is 0.681. The number of amides is 1. The lowest BCUT2D eigenvalue weighted by Gasteiger charge is -2.21. The normalized spacial score (nSPS) is 10.9. The molecule has 1 amide bonds. The molecule has 1 aromatic carbocycles. The van der Waals surface area contributed by atoms with E-state index in [1.165, 1.54) is 6.21 Å². The molecule has 98 valence electrons. The molecule has 0 aliphatic rings. The van der Waals surface area contributed by atoms with Gasteiger partial charge in [-0.05, 0) is 45.4 Å². The summed E-state index contributed by atoms with van der Waals surface area (Å²) in [5.41, 5.74) is 1.56. The van der Waals surface area contributed by atoms with E-state index in [1.54, 1.807) is 26.8 Å². The molecule has 0 fully saturated rings. The Bertz CT molecular complexity index is 479. The second-order valence-corrected chi connectivity index (χ2v) is 5.87. The minimum atomic E-state index is -0.543. The lowest BCUT2D eigenvalue weighted by Crippen LogP contribution is -2.27. The number of hydrogen-bond donors (Lipinski definition) is 2. The lowest BCUT2D eigenvalue weighted by atomic mass is 10.1. The smallest absolute Gasteiger partial charge is 0.412 e. The van der Waals surface area contributed by atoms with Gasteiger partial charge in [-0.2, -0.15) is 0 Å². The van der Waals surface area contributed by atoms with Gasteiger partial charge in [0.05, 0.1) is 5.69 Å². The van der Waals surface area contributed by atoms with Crippen LogP contribution in [0.4, 0.5) is 10.5 Å². The molecule has 5 heteroatoms. The summed E-state index contributed by atoms with van der Waals surface area (Å²) in [7, 11) is 0. The number of halogens is 1. The molecule has 0 spiro atoms. The fourth-order valence-corrected chi connectivity index (χ4v) is 2.05. The maximum Gasteiger partial charge on any atom is 0.412 e. The van der Waals surface area contributed by atoms with Crippen LogP contribution < -0.4 is 5.32 Å². The van der Waals surface area contributed by atoms with Gasteiger partial charge in [-0.3, -0.25) is 5.32 Å². The predicted molar refractivity (Wildman–Crippen MR) is 76.6 cm³/mol. The van der Waals surface area contributed by atoms with E-state index in [-0.39, 0.29) is 0 Å². The summed E-state index contributed by atoms with van der Waals surface area (Å²) >= 11 is 3.36. The zero-order chi connectivity index (χ0) is 13.9. The second kappa shape index (κ2) is 5.52. The van der Waals surface area contributed by atoms with Crippen molar-refractivity contribution in [2.45, 2.75) is 33.3 Å². The SMILES string of the molecule is Cc1cc(Br)cc(C=N)c1NC(=O)OC(C)(C)C. The van der Waals surface area contributed by atoms with Crippen LogP contribution in [0.15, 0.2) is 16.6 Å². The van der Waals surface area contributed by atoms with E-state index in [4.69, 9.17) is 10.1 Å². The molecule has 0 aliphatic carbocycles. The van der Waals surface area contributed by atoms with Crippen molar-refractivity contribution >= 4 is 33.9 Å². The molecule has 2 N–H and O–H groups in total. The van der Waals surface area contributed by atoms with Crippen molar-refractivity contribution in [3.05, 3.63) is 27.7 Å². The van der Waals surface area contributed by atoms with Crippen LogP contribution in [-0.2, 0) is 4.74 Å². The number of hydrogen-bond acceptors (Lipinski definition) is 3. The van der Waals surface area contributed by atoms with Crippen molar-refractivity contribution in [1.82, 2.24) is 0 Å². The van der Waals surface area contributed by atoms with Crippen molar-refractivity contribution in [2.75, 3.05) is 5.32 Å². The Morgan fingerprint density at radius 2 is 2.06 bits per heavy atom. The summed E-state index contributed by atoms with van der Waals surface area (Å²) in [6.45, 7) is 7.28. The number of anilines is 1. The van der Waals surface area contributed by atoms with Crippen LogP contribution in [0.5, 0.6) is 0 Å². The Labute approximate surface area is 115 Å². The summed E-state index contributed by atoms with van der Waals surface area (Å²) in [5, 5.41) is 10.0. The molecule has 1 aromatic rings.